The lowest BCUT2D eigenvalue weighted by Gasteiger charge is -2.37. The first-order valence-corrected chi connectivity index (χ1v) is 8.26. The van der Waals surface area contributed by atoms with Gasteiger partial charge < -0.3 is 11.1 Å². The Bertz CT molecular complexity index is 566. The van der Waals surface area contributed by atoms with Crippen molar-refractivity contribution in [3.63, 3.8) is 0 Å². The standard InChI is InChI=1S/C18H25FN2O/c1-17(20)8-3-2-7-15(17)16(22)21-12-18(9-10-18)13-5-4-6-14(19)11-13/h4-6,11,15H,2-3,7-10,12,20H2,1H3,(H,21,22). The summed E-state index contributed by atoms with van der Waals surface area (Å²) in [5, 5.41) is 3.09. The number of hydrogen-bond acceptors (Lipinski definition) is 2. The van der Waals surface area contributed by atoms with E-state index >= 15 is 0 Å². The van der Waals surface area contributed by atoms with Crippen molar-refractivity contribution in [2.75, 3.05) is 6.54 Å². The van der Waals surface area contributed by atoms with Crippen LogP contribution in [0.25, 0.3) is 0 Å². The van der Waals surface area contributed by atoms with Gasteiger partial charge in [-0.25, -0.2) is 4.39 Å². The van der Waals surface area contributed by atoms with Gasteiger partial charge in [-0.3, -0.25) is 4.79 Å². The summed E-state index contributed by atoms with van der Waals surface area (Å²) in [7, 11) is 0. The Labute approximate surface area is 131 Å². The first-order valence-electron chi connectivity index (χ1n) is 8.26. The van der Waals surface area contributed by atoms with E-state index in [1.165, 1.54) is 6.07 Å². The second kappa shape index (κ2) is 5.65. The molecule has 4 heteroatoms. The van der Waals surface area contributed by atoms with E-state index in [9.17, 15) is 9.18 Å². The molecule has 0 aliphatic heterocycles. The van der Waals surface area contributed by atoms with Crippen molar-refractivity contribution in [3.05, 3.63) is 35.6 Å². The lowest BCUT2D eigenvalue weighted by Crippen LogP contribution is -2.53. The zero-order valence-electron chi connectivity index (χ0n) is 13.2. The fraction of sp³-hybridized carbons (Fsp3) is 0.611. The molecule has 2 aliphatic carbocycles. The molecule has 2 atom stereocenters. The van der Waals surface area contributed by atoms with Gasteiger partial charge in [0.05, 0.1) is 5.92 Å². The number of benzene rings is 1. The Morgan fingerprint density at radius 2 is 2.14 bits per heavy atom. The molecule has 1 aromatic rings. The van der Waals surface area contributed by atoms with Crippen molar-refractivity contribution in [2.24, 2.45) is 11.7 Å². The third-order valence-electron chi connectivity index (χ3n) is 5.46. The maximum Gasteiger partial charge on any atom is 0.224 e. The highest BCUT2D eigenvalue weighted by Gasteiger charge is 2.45. The SMILES string of the molecule is CC1(N)CCCCC1C(=O)NCC1(c2cccc(F)c2)CC1. The number of rotatable bonds is 4. The fourth-order valence-corrected chi connectivity index (χ4v) is 3.71. The van der Waals surface area contributed by atoms with Gasteiger partial charge in [-0.1, -0.05) is 25.0 Å². The minimum atomic E-state index is -0.405. The Balaban J connectivity index is 1.64. The van der Waals surface area contributed by atoms with Crippen LogP contribution in [0.3, 0.4) is 0 Å². The smallest absolute Gasteiger partial charge is 0.224 e. The van der Waals surface area contributed by atoms with Crippen LogP contribution in [-0.2, 0) is 10.2 Å². The zero-order chi connectivity index (χ0) is 15.8. The van der Waals surface area contributed by atoms with Crippen molar-refractivity contribution in [2.45, 2.75) is 56.4 Å². The van der Waals surface area contributed by atoms with Gasteiger partial charge in [0.25, 0.3) is 0 Å². The summed E-state index contributed by atoms with van der Waals surface area (Å²) < 4.78 is 13.4. The summed E-state index contributed by atoms with van der Waals surface area (Å²) >= 11 is 0. The van der Waals surface area contributed by atoms with Gasteiger partial charge in [0.2, 0.25) is 5.91 Å². The summed E-state index contributed by atoms with van der Waals surface area (Å²) in [5.74, 6) is -0.256. The van der Waals surface area contributed by atoms with Crippen molar-refractivity contribution in [1.29, 1.82) is 0 Å². The molecule has 0 spiro atoms. The van der Waals surface area contributed by atoms with Crippen molar-refractivity contribution < 1.29 is 9.18 Å². The molecule has 3 nitrogen and oxygen atoms in total. The van der Waals surface area contributed by atoms with E-state index in [1.54, 1.807) is 12.1 Å². The summed E-state index contributed by atoms with van der Waals surface area (Å²) in [6.45, 7) is 2.57. The van der Waals surface area contributed by atoms with Gasteiger partial charge in [-0.15, -0.1) is 0 Å². The zero-order valence-corrected chi connectivity index (χ0v) is 13.2. The highest BCUT2D eigenvalue weighted by molar-refractivity contribution is 5.80. The Morgan fingerprint density at radius 3 is 2.77 bits per heavy atom. The highest BCUT2D eigenvalue weighted by Crippen LogP contribution is 2.47. The molecule has 0 aromatic heterocycles. The molecule has 1 aromatic carbocycles. The normalized spacial score (nSPS) is 29.9. The minimum absolute atomic E-state index is 0.0624. The van der Waals surface area contributed by atoms with E-state index in [0.29, 0.717) is 6.54 Å². The van der Waals surface area contributed by atoms with E-state index in [1.807, 2.05) is 13.0 Å². The molecule has 0 heterocycles. The van der Waals surface area contributed by atoms with Crippen molar-refractivity contribution >= 4 is 5.91 Å². The molecule has 3 rings (SSSR count). The molecule has 0 radical (unpaired) electrons. The highest BCUT2D eigenvalue weighted by atomic mass is 19.1. The number of hydrogen-bond donors (Lipinski definition) is 2. The number of amides is 1. The summed E-state index contributed by atoms with van der Waals surface area (Å²) in [4.78, 5) is 12.5. The molecule has 0 saturated heterocycles. The molecule has 2 saturated carbocycles. The molecule has 2 unspecified atom stereocenters. The third kappa shape index (κ3) is 3.02. The maximum absolute atomic E-state index is 13.4. The van der Waals surface area contributed by atoms with E-state index in [0.717, 1.165) is 44.1 Å². The summed E-state index contributed by atoms with van der Waals surface area (Å²) in [6.07, 6.45) is 5.94. The van der Waals surface area contributed by atoms with Gasteiger partial charge >= 0.3 is 0 Å². The van der Waals surface area contributed by atoms with Gasteiger partial charge in [-0.05, 0) is 50.3 Å². The van der Waals surface area contributed by atoms with Crippen molar-refractivity contribution in [1.82, 2.24) is 5.32 Å². The minimum Gasteiger partial charge on any atom is -0.355 e. The van der Waals surface area contributed by atoms with Crippen LogP contribution in [0.2, 0.25) is 0 Å². The summed E-state index contributed by atoms with van der Waals surface area (Å²) in [5.41, 5.74) is 6.81. The third-order valence-corrected chi connectivity index (χ3v) is 5.46. The van der Waals surface area contributed by atoms with Crippen LogP contribution in [0.5, 0.6) is 0 Å². The molecule has 1 amide bonds. The number of halogens is 1. The number of carbonyl (C=O) groups is 1. The fourth-order valence-electron chi connectivity index (χ4n) is 3.71. The van der Waals surface area contributed by atoms with Crippen LogP contribution in [0.1, 0.15) is 51.0 Å². The van der Waals surface area contributed by atoms with Crippen LogP contribution >= 0.6 is 0 Å². The molecule has 2 aliphatic rings. The lowest BCUT2D eigenvalue weighted by molar-refractivity contribution is -0.128. The van der Waals surface area contributed by atoms with Crippen molar-refractivity contribution in [3.8, 4) is 0 Å². The largest absolute Gasteiger partial charge is 0.355 e. The Kier molecular flexibility index (Phi) is 3.98. The second-order valence-electron chi connectivity index (χ2n) is 7.31. The van der Waals surface area contributed by atoms with Crippen LogP contribution in [-0.4, -0.2) is 18.0 Å². The average molecular weight is 304 g/mol. The van der Waals surface area contributed by atoms with Crippen LogP contribution in [0.15, 0.2) is 24.3 Å². The molecule has 0 bridgehead atoms. The average Bonchev–Trinajstić information content (AvgIpc) is 3.25. The first kappa shape index (κ1) is 15.5. The predicted octanol–water partition coefficient (Wildman–Crippen LogP) is 2.88. The van der Waals surface area contributed by atoms with E-state index in [-0.39, 0.29) is 23.1 Å². The molecule has 3 N–H and O–H groups in total. The van der Waals surface area contributed by atoms with E-state index in [4.69, 9.17) is 5.73 Å². The molecular formula is C18H25FN2O. The first-order chi connectivity index (χ1) is 10.4. The van der Waals surface area contributed by atoms with Crippen LogP contribution in [0.4, 0.5) is 4.39 Å². The van der Waals surface area contributed by atoms with Gasteiger partial charge in [0.15, 0.2) is 0 Å². The van der Waals surface area contributed by atoms with Crippen LogP contribution < -0.4 is 11.1 Å². The Hall–Kier alpha value is -1.42. The maximum atomic E-state index is 13.4. The van der Waals surface area contributed by atoms with Gasteiger partial charge in [0, 0.05) is 17.5 Å². The molecule has 22 heavy (non-hydrogen) atoms. The number of nitrogens with two attached hydrogens (primary N) is 1. The molecule has 120 valence electrons. The lowest BCUT2D eigenvalue weighted by atomic mass is 9.74. The monoisotopic (exact) mass is 304 g/mol. The van der Waals surface area contributed by atoms with Gasteiger partial charge in [0.1, 0.15) is 5.82 Å². The van der Waals surface area contributed by atoms with E-state index in [2.05, 4.69) is 5.32 Å². The quantitative estimate of drug-likeness (QED) is 0.898. The van der Waals surface area contributed by atoms with Gasteiger partial charge in [-0.2, -0.15) is 0 Å². The summed E-state index contributed by atoms with van der Waals surface area (Å²) in [6, 6.07) is 6.74. The number of carbonyl (C=O) groups excluding carboxylic acids is 1. The van der Waals surface area contributed by atoms with E-state index < -0.39 is 5.54 Å². The predicted molar refractivity (Wildman–Crippen MR) is 84.9 cm³/mol. The molecular weight excluding hydrogens is 279 g/mol. The topological polar surface area (TPSA) is 55.1 Å². The molecule has 2 fully saturated rings. The second-order valence-corrected chi connectivity index (χ2v) is 7.31. The van der Waals surface area contributed by atoms with Crippen LogP contribution in [0, 0.1) is 11.7 Å². The Morgan fingerprint density at radius 1 is 1.36 bits per heavy atom. The number of nitrogens with one attached hydrogen (secondary N) is 1.